The van der Waals surface area contributed by atoms with Crippen LogP contribution in [0.5, 0.6) is 0 Å². The van der Waals surface area contributed by atoms with Crippen molar-refractivity contribution in [2.45, 2.75) is 82.8 Å². The Labute approximate surface area is 194 Å². The third-order valence-electron chi connectivity index (χ3n) is 6.82. The van der Waals surface area contributed by atoms with E-state index < -0.39 is 12.2 Å². The summed E-state index contributed by atoms with van der Waals surface area (Å²) in [7, 11) is 1.39. The number of aliphatic hydroxyl groups excluding tert-OH is 2. The van der Waals surface area contributed by atoms with Gasteiger partial charge in [-0.2, -0.15) is 0 Å². The maximum absolute atomic E-state index is 12.4. The number of methoxy groups -OCH3 is 1. The van der Waals surface area contributed by atoms with Crippen LogP contribution in [0.3, 0.4) is 0 Å². The molecule has 0 unspecified atom stereocenters. The minimum absolute atomic E-state index is 0.00902. The first-order valence-electron chi connectivity index (χ1n) is 11.3. The standard InChI is InChI=1S/C24H37IO5/c1-30-23(29)10-5-3-2-4-9-18-19(21(27)17-20(18)26)11-12-22(28)24(14-8-15-24)13-6-7-16-25/h2,4,11-12,18-19,21-22,27-28H,3,5-10,13-17H2,1H3/b4-2-,12-11+/t18-,19-,21-,22-/m1/s1. The lowest BCUT2D eigenvalue weighted by atomic mass is 9.62. The third kappa shape index (κ3) is 7.16. The SMILES string of the molecule is COC(=O)CCC/C=C\C[C@H]1C(=O)C[C@@H](O)[C@@H]1/C=C/[C@@H](O)C1(CCCCI)CCC1. The highest BCUT2D eigenvalue weighted by Crippen LogP contribution is 2.48. The molecule has 0 bridgehead atoms. The summed E-state index contributed by atoms with van der Waals surface area (Å²) in [6.07, 6.45) is 15.9. The van der Waals surface area contributed by atoms with Gasteiger partial charge in [0.15, 0.2) is 0 Å². The molecule has 170 valence electrons. The molecule has 0 radical (unpaired) electrons. The molecule has 2 N–H and O–H groups in total. The molecule has 0 aromatic heterocycles. The van der Waals surface area contributed by atoms with Gasteiger partial charge in [-0.1, -0.05) is 59.7 Å². The van der Waals surface area contributed by atoms with Gasteiger partial charge in [-0.3, -0.25) is 9.59 Å². The lowest BCUT2D eigenvalue weighted by molar-refractivity contribution is -0.140. The number of esters is 1. The molecule has 2 aliphatic rings. The topological polar surface area (TPSA) is 83.8 Å². The summed E-state index contributed by atoms with van der Waals surface area (Å²) in [6, 6.07) is 0. The van der Waals surface area contributed by atoms with Gasteiger partial charge in [-0.25, -0.2) is 0 Å². The molecule has 5 nitrogen and oxygen atoms in total. The molecular formula is C24H37IO5. The fourth-order valence-corrected chi connectivity index (χ4v) is 5.23. The van der Waals surface area contributed by atoms with Gasteiger partial charge in [0.25, 0.3) is 0 Å². The summed E-state index contributed by atoms with van der Waals surface area (Å²) in [6.45, 7) is 0. The van der Waals surface area contributed by atoms with Crippen LogP contribution in [-0.4, -0.2) is 45.7 Å². The number of carbonyl (C=O) groups excluding carboxylic acids is 2. The Morgan fingerprint density at radius 2 is 2.07 bits per heavy atom. The number of unbranched alkanes of at least 4 members (excludes halogenated alkanes) is 2. The average Bonchev–Trinajstić information content (AvgIpc) is 2.96. The summed E-state index contributed by atoms with van der Waals surface area (Å²) >= 11 is 2.40. The van der Waals surface area contributed by atoms with Crippen LogP contribution in [0.2, 0.25) is 0 Å². The number of rotatable bonds is 13. The number of aliphatic hydroxyl groups is 2. The van der Waals surface area contributed by atoms with Gasteiger partial charge < -0.3 is 14.9 Å². The van der Waals surface area contributed by atoms with Crippen LogP contribution >= 0.6 is 22.6 Å². The fourth-order valence-electron chi connectivity index (χ4n) is 4.69. The van der Waals surface area contributed by atoms with Crippen molar-refractivity contribution < 1.29 is 24.5 Å². The van der Waals surface area contributed by atoms with E-state index in [0.29, 0.717) is 12.8 Å². The van der Waals surface area contributed by atoms with Crippen molar-refractivity contribution in [3.63, 3.8) is 0 Å². The number of alkyl halides is 1. The average molecular weight is 532 g/mol. The second-order valence-electron chi connectivity index (χ2n) is 8.79. The second-order valence-corrected chi connectivity index (χ2v) is 9.87. The van der Waals surface area contributed by atoms with Crippen molar-refractivity contribution in [2.24, 2.45) is 17.3 Å². The van der Waals surface area contributed by atoms with E-state index in [1.165, 1.54) is 20.0 Å². The Balaban J connectivity index is 1.88. The van der Waals surface area contributed by atoms with Gasteiger partial charge in [0.1, 0.15) is 5.78 Å². The molecule has 0 aliphatic heterocycles. The van der Waals surface area contributed by atoms with Crippen molar-refractivity contribution in [2.75, 3.05) is 11.5 Å². The quantitative estimate of drug-likeness (QED) is 0.120. The molecule has 0 aromatic carbocycles. The number of hydrogen-bond acceptors (Lipinski definition) is 5. The minimum Gasteiger partial charge on any atom is -0.469 e. The molecule has 2 rings (SSSR count). The smallest absolute Gasteiger partial charge is 0.305 e. The summed E-state index contributed by atoms with van der Waals surface area (Å²) in [4.78, 5) is 23.5. The van der Waals surface area contributed by atoms with Gasteiger partial charge in [-0.15, -0.1) is 0 Å². The van der Waals surface area contributed by atoms with Gasteiger partial charge in [0.05, 0.1) is 19.3 Å². The van der Waals surface area contributed by atoms with Crippen LogP contribution < -0.4 is 0 Å². The van der Waals surface area contributed by atoms with Gasteiger partial charge in [0.2, 0.25) is 0 Å². The fraction of sp³-hybridized carbons (Fsp3) is 0.750. The Kier molecular flexibility index (Phi) is 11.0. The number of halogens is 1. The van der Waals surface area contributed by atoms with Gasteiger partial charge in [0, 0.05) is 24.7 Å². The Hall–Kier alpha value is -0.730. The number of ether oxygens (including phenoxy) is 1. The lowest BCUT2D eigenvalue weighted by Crippen LogP contribution is -2.40. The summed E-state index contributed by atoms with van der Waals surface area (Å²) in [5.74, 6) is -0.596. The monoisotopic (exact) mass is 532 g/mol. The van der Waals surface area contributed by atoms with E-state index in [2.05, 4.69) is 27.3 Å². The molecule has 0 heterocycles. The molecule has 2 aliphatic carbocycles. The van der Waals surface area contributed by atoms with Crippen LogP contribution in [0.4, 0.5) is 0 Å². The first-order chi connectivity index (χ1) is 14.4. The van der Waals surface area contributed by atoms with E-state index in [1.807, 2.05) is 24.3 Å². The zero-order chi connectivity index (χ0) is 22.0. The highest BCUT2D eigenvalue weighted by atomic mass is 127. The molecule has 2 saturated carbocycles. The molecule has 0 aromatic rings. The van der Waals surface area contributed by atoms with Gasteiger partial charge >= 0.3 is 5.97 Å². The van der Waals surface area contributed by atoms with Crippen molar-refractivity contribution in [1.29, 1.82) is 0 Å². The van der Waals surface area contributed by atoms with Crippen LogP contribution in [0.15, 0.2) is 24.3 Å². The Bertz CT molecular complexity index is 611. The Morgan fingerprint density at radius 1 is 1.30 bits per heavy atom. The zero-order valence-corrected chi connectivity index (χ0v) is 20.3. The van der Waals surface area contributed by atoms with E-state index in [9.17, 15) is 19.8 Å². The third-order valence-corrected chi connectivity index (χ3v) is 7.58. The number of Topliss-reactive ketones (excluding diaryl/α,β-unsaturated/α-hetero) is 1. The maximum atomic E-state index is 12.4. The van der Waals surface area contributed by atoms with Crippen molar-refractivity contribution in [1.82, 2.24) is 0 Å². The van der Waals surface area contributed by atoms with Crippen LogP contribution in [0.25, 0.3) is 0 Å². The highest BCUT2D eigenvalue weighted by Gasteiger charge is 2.43. The second kappa shape index (κ2) is 13.0. The first-order valence-corrected chi connectivity index (χ1v) is 12.8. The number of hydrogen-bond donors (Lipinski definition) is 2. The van der Waals surface area contributed by atoms with E-state index in [4.69, 9.17) is 0 Å². The van der Waals surface area contributed by atoms with Crippen LogP contribution in [0, 0.1) is 17.3 Å². The molecule has 0 saturated heterocycles. The predicted molar refractivity (Wildman–Crippen MR) is 126 cm³/mol. The number of allylic oxidation sites excluding steroid dienone is 2. The molecule has 0 spiro atoms. The first kappa shape index (κ1) is 25.5. The predicted octanol–water partition coefficient (Wildman–Crippen LogP) is 4.53. The lowest BCUT2D eigenvalue weighted by Gasteiger charge is -2.45. The summed E-state index contributed by atoms with van der Waals surface area (Å²) < 4.78 is 5.77. The van der Waals surface area contributed by atoms with Crippen LogP contribution in [-0.2, 0) is 14.3 Å². The maximum Gasteiger partial charge on any atom is 0.305 e. The molecule has 0 amide bonds. The summed E-state index contributed by atoms with van der Waals surface area (Å²) in [5, 5.41) is 21.2. The minimum atomic E-state index is -0.671. The molecule has 4 atom stereocenters. The molecular weight excluding hydrogens is 495 g/mol. The summed E-state index contributed by atoms with van der Waals surface area (Å²) in [5.41, 5.74) is -0.00902. The Morgan fingerprint density at radius 3 is 2.70 bits per heavy atom. The van der Waals surface area contributed by atoms with Crippen molar-refractivity contribution >= 4 is 34.3 Å². The van der Waals surface area contributed by atoms with Crippen molar-refractivity contribution in [3.05, 3.63) is 24.3 Å². The van der Waals surface area contributed by atoms with Crippen LogP contribution in [0.1, 0.15) is 70.6 Å². The largest absolute Gasteiger partial charge is 0.469 e. The number of ketones is 1. The van der Waals surface area contributed by atoms with E-state index in [-0.39, 0.29) is 35.4 Å². The molecule has 30 heavy (non-hydrogen) atoms. The molecule has 2 fully saturated rings. The van der Waals surface area contributed by atoms with Crippen molar-refractivity contribution in [3.8, 4) is 0 Å². The van der Waals surface area contributed by atoms with E-state index in [0.717, 1.165) is 43.0 Å². The van der Waals surface area contributed by atoms with Gasteiger partial charge in [-0.05, 0) is 54.8 Å². The molecule has 6 heteroatoms. The van der Waals surface area contributed by atoms with E-state index >= 15 is 0 Å². The highest BCUT2D eigenvalue weighted by molar-refractivity contribution is 14.1. The zero-order valence-electron chi connectivity index (χ0n) is 18.1. The number of carbonyl (C=O) groups is 2. The normalized spacial score (nSPS) is 26.9. The van der Waals surface area contributed by atoms with E-state index in [1.54, 1.807) is 0 Å².